The maximum absolute atomic E-state index is 12.4. The van der Waals surface area contributed by atoms with Crippen LogP contribution in [0.2, 0.25) is 0 Å². The molecule has 2 heterocycles. The van der Waals surface area contributed by atoms with Crippen LogP contribution < -0.4 is 0 Å². The van der Waals surface area contributed by atoms with Crippen LogP contribution in [0.3, 0.4) is 0 Å². The van der Waals surface area contributed by atoms with Crippen LogP contribution in [0.1, 0.15) is 43.8 Å². The monoisotopic (exact) mass is 318 g/mol. The Morgan fingerprint density at radius 1 is 1.05 bits per heavy atom. The molecule has 1 saturated heterocycles. The van der Waals surface area contributed by atoms with Crippen molar-refractivity contribution < 1.29 is 17.7 Å². The number of hydrogen-bond donors (Lipinski definition) is 0. The molecular formula is C14H21F3N4O. The minimum Gasteiger partial charge on any atom is -0.338 e. The van der Waals surface area contributed by atoms with Crippen molar-refractivity contribution in [3.8, 4) is 0 Å². The highest BCUT2D eigenvalue weighted by Gasteiger charge is 2.37. The van der Waals surface area contributed by atoms with E-state index < -0.39 is 12.0 Å². The van der Waals surface area contributed by atoms with Gasteiger partial charge in [-0.2, -0.15) is 18.2 Å². The van der Waals surface area contributed by atoms with Gasteiger partial charge in [0.05, 0.1) is 6.54 Å². The molecule has 0 atom stereocenters. The van der Waals surface area contributed by atoms with Crippen LogP contribution in [0, 0.1) is 0 Å². The zero-order valence-electron chi connectivity index (χ0n) is 12.5. The van der Waals surface area contributed by atoms with Crippen LogP contribution in [0.5, 0.6) is 0 Å². The van der Waals surface area contributed by atoms with Crippen LogP contribution in [-0.2, 0) is 12.7 Å². The topological polar surface area (TPSA) is 45.4 Å². The molecule has 8 heteroatoms. The Hall–Kier alpha value is -1.15. The molecule has 1 aliphatic carbocycles. The van der Waals surface area contributed by atoms with Crippen LogP contribution in [0.25, 0.3) is 0 Å². The molecule has 3 rings (SSSR count). The predicted octanol–water partition coefficient (Wildman–Crippen LogP) is 2.54. The lowest BCUT2D eigenvalue weighted by molar-refractivity contribution is -0.146. The van der Waals surface area contributed by atoms with Crippen LogP contribution in [0.4, 0.5) is 13.2 Å². The number of nitrogens with zero attached hydrogens (tertiary/aromatic N) is 4. The van der Waals surface area contributed by atoms with Crippen molar-refractivity contribution in [3.05, 3.63) is 11.7 Å². The highest BCUT2D eigenvalue weighted by Crippen LogP contribution is 2.27. The summed E-state index contributed by atoms with van der Waals surface area (Å²) in [6.45, 7) is 3.89. The maximum Gasteiger partial charge on any atom is 0.455 e. The fourth-order valence-electron chi connectivity index (χ4n) is 3.36. The quantitative estimate of drug-likeness (QED) is 0.857. The minimum absolute atomic E-state index is 0.0402. The van der Waals surface area contributed by atoms with Crippen LogP contribution >= 0.6 is 0 Å². The van der Waals surface area contributed by atoms with Crippen molar-refractivity contribution in [3.63, 3.8) is 0 Å². The van der Waals surface area contributed by atoms with E-state index in [9.17, 15) is 13.2 Å². The third kappa shape index (κ3) is 3.78. The van der Waals surface area contributed by atoms with E-state index in [0.29, 0.717) is 12.6 Å². The number of halogens is 3. The molecular weight excluding hydrogens is 297 g/mol. The van der Waals surface area contributed by atoms with Gasteiger partial charge >= 0.3 is 6.18 Å². The van der Waals surface area contributed by atoms with E-state index in [1.807, 2.05) is 0 Å². The molecule has 1 aromatic heterocycles. The molecule has 5 nitrogen and oxygen atoms in total. The lowest BCUT2D eigenvalue weighted by Crippen LogP contribution is -2.50. The summed E-state index contributed by atoms with van der Waals surface area (Å²) in [7, 11) is 0. The summed E-state index contributed by atoms with van der Waals surface area (Å²) in [5.74, 6) is -1.15. The molecule has 22 heavy (non-hydrogen) atoms. The van der Waals surface area contributed by atoms with Gasteiger partial charge in [0.1, 0.15) is 0 Å². The largest absolute Gasteiger partial charge is 0.455 e. The Morgan fingerprint density at radius 2 is 1.73 bits per heavy atom. The summed E-state index contributed by atoms with van der Waals surface area (Å²) in [4.78, 5) is 8.02. The van der Waals surface area contributed by atoms with Crippen molar-refractivity contribution in [2.75, 3.05) is 26.2 Å². The number of piperazine rings is 1. The summed E-state index contributed by atoms with van der Waals surface area (Å²) in [6.07, 6.45) is 1.98. The van der Waals surface area contributed by atoms with Crippen molar-refractivity contribution in [2.45, 2.75) is 50.9 Å². The van der Waals surface area contributed by atoms with Gasteiger partial charge in [0.2, 0.25) is 5.89 Å². The van der Waals surface area contributed by atoms with E-state index in [1.54, 1.807) is 0 Å². The molecule has 2 aliphatic rings. The standard InChI is InChI=1S/C14H21F3N4O/c15-14(16,17)13-18-12(22-19-13)10-20-6-8-21(9-7-20)11-4-2-1-3-5-11/h11H,1-10H2. The van der Waals surface area contributed by atoms with Gasteiger partial charge < -0.3 is 4.52 Å². The molecule has 124 valence electrons. The van der Waals surface area contributed by atoms with E-state index in [0.717, 1.165) is 26.2 Å². The van der Waals surface area contributed by atoms with Crippen molar-refractivity contribution in [1.29, 1.82) is 0 Å². The molecule has 2 fully saturated rings. The third-order valence-electron chi connectivity index (χ3n) is 4.58. The molecule has 0 bridgehead atoms. The summed E-state index contributed by atoms with van der Waals surface area (Å²) < 4.78 is 42.0. The molecule has 0 unspecified atom stereocenters. The van der Waals surface area contributed by atoms with Crippen molar-refractivity contribution in [2.24, 2.45) is 0 Å². The Labute approximate surface area is 127 Å². The van der Waals surface area contributed by atoms with Crippen LogP contribution in [0.15, 0.2) is 4.52 Å². The first-order valence-electron chi connectivity index (χ1n) is 7.88. The smallest absolute Gasteiger partial charge is 0.338 e. The van der Waals surface area contributed by atoms with E-state index in [4.69, 9.17) is 4.52 Å². The Kier molecular flexibility index (Phi) is 4.67. The van der Waals surface area contributed by atoms with Gasteiger partial charge in [-0.25, -0.2) is 0 Å². The lowest BCUT2D eigenvalue weighted by Gasteiger charge is -2.40. The normalized spacial score (nSPS) is 23.0. The summed E-state index contributed by atoms with van der Waals surface area (Å²) in [5.41, 5.74) is 0. The highest BCUT2D eigenvalue weighted by molar-refractivity contribution is 4.91. The van der Waals surface area contributed by atoms with Gasteiger partial charge in [-0.3, -0.25) is 9.80 Å². The summed E-state index contributed by atoms with van der Waals surface area (Å²) in [5, 5.41) is 2.99. The first-order valence-corrected chi connectivity index (χ1v) is 7.88. The van der Waals surface area contributed by atoms with E-state index >= 15 is 0 Å². The molecule has 0 radical (unpaired) electrons. The number of aromatic nitrogens is 2. The second-order valence-corrected chi connectivity index (χ2v) is 6.11. The van der Waals surface area contributed by atoms with E-state index in [1.165, 1.54) is 32.1 Å². The van der Waals surface area contributed by atoms with E-state index in [-0.39, 0.29) is 5.89 Å². The SMILES string of the molecule is FC(F)(F)c1noc(CN2CCN(C3CCCCC3)CC2)n1. The first kappa shape index (κ1) is 15.7. The van der Waals surface area contributed by atoms with Gasteiger partial charge in [0, 0.05) is 32.2 Å². The number of rotatable bonds is 3. The number of alkyl halides is 3. The second kappa shape index (κ2) is 6.54. The first-order chi connectivity index (χ1) is 10.5. The third-order valence-corrected chi connectivity index (χ3v) is 4.58. The number of hydrogen-bond acceptors (Lipinski definition) is 5. The molecule has 1 aliphatic heterocycles. The average molecular weight is 318 g/mol. The fraction of sp³-hybridized carbons (Fsp3) is 0.857. The maximum atomic E-state index is 12.4. The zero-order valence-corrected chi connectivity index (χ0v) is 12.5. The van der Waals surface area contributed by atoms with E-state index in [2.05, 4.69) is 19.9 Å². The highest BCUT2D eigenvalue weighted by atomic mass is 19.4. The van der Waals surface area contributed by atoms with Gasteiger partial charge in [0.15, 0.2) is 0 Å². The Morgan fingerprint density at radius 3 is 2.32 bits per heavy atom. The van der Waals surface area contributed by atoms with Crippen LogP contribution in [-0.4, -0.2) is 52.2 Å². The molecule has 0 N–H and O–H groups in total. The van der Waals surface area contributed by atoms with Gasteiger partial charge in [-0.1, -0.05) is 24.4 Å². The lowest BCUT2D eigenvalue weighted by atomic mass is 9.94. The molecule has 1 saturated carbocycles. The summed E-state index contributed by atoms with van der Waals surface area (Å²) >= 11 is 0. The summed E-state index contributed by atoms with van der Waals surface area (Å²) in [6, 6.07) is 0.691. The predicted molar refractivity (Wildman–Crippen MR) is 73.0 cm³/mol. The Balaban J connectivity index is 1.48. The molecule has 0 spiro atoms. The minimum atomic E-state index is -4.54. The second-order valence-electron chi connectivity index (χ2n) is 6.11. The Bertz CT molecular complexity index is 477. The van der Waals surface area contributed by atoms with Crippen molar-refractivity contribution in [1.82, 2.24) is 19.9 Å². The van der Waals surface area contributed by atoms with Gasteiger partial charge in [-0.05, 0) is 12.8 Å². The van der Waals surface area contributed by atoms with Crippen molar-refractivity contribution >= 4 is 0 Å². The fourth-order valence-corrected chi connectivity index (χ4v) is 3.36. The molecule has 1 aromatic rings. The van der Waals surface area contributed by atoms with Gasteiger partial charge in [-0.15, -0.1) is 0 Å². The average Bonchev–Trinajstić information content (AvgIpc) is 2.98. The molecule has 0 aromatic carbocycles. The molecule has 0 amide bonds. The van der Waals surface area contributed by atoms with Gasteiger partial charge in [0.25, 0.3) is 5.82 Å². The zero-order chi connectivity index (χ0) is 15.6.